The van der Waals surface area contributed by atoms with Crippen molar-refractivity contribution < 1.29 is 9.21 Å². The molecule has 0 saturated heterocycles. The van der Waals surface area contributed by atoms with Crippen molar-refractivity contribution in [3.8, 4) is 17.0 Å². The summed E-state index contributed by atoms with van der Waals surface area (Å²) in [6, 6.07) is 22.9. The van der Waals surface area contributed by atoms with Crippen LogP contribution < -0.4 is 16.3 Å². The van der Waals surface area contributed by atoms with Crippen molar-refractivity contribution in [3.63, 3.8) is 0 Å². The molecule has 2 aromatic heterocycles. The molecule has 0 bridgehead atoms. The van der Waals surface area contributed by atoms with Crippen LogP contribution >= 0.6 is 0 Å². The average molecular weight is 466 g/mol. The lowest BCUT2D eigenvalue weighted by molar-refractivity contribution is 0.102. The number of anilines is 1. The molecule has 0 unspecified atom stereocenters. The van der Waals surface area contributed by atoms with Crippen LogP contribution in [0.2, 0.25) is 0 Å². The molecule has 1 amide bonds. The number of para-hydroxylation sites is 1. The quantitative estimate of drug-likeness (QED) is 0.412. The molecule has 3 aromatic carbocycles. The zero-order chi connectivity index (χ0) is 24.7. The molecule has 0 fully saturated rings. The molecule has 7 nitrogen and oxygen atoms in total. The fourth-order valence-corrected chi connectivity index (χ4v) is 4.10. The molecule has 5 aromatic rings. The van der Waals surface area contributed by atoms with E-state index in [-0.39, 0.29) is 16.7 Å². The van der Waals surface area contributed by atoms with Gasteiger partial charge >= 0.3 is 0 Å². The second kappa shape index (κ2) is 8.61. The first kappa shape index (κ1) is 22.2. The molecule has 174 valence electrons. The van der Waals surface area contributed by atoms with Crippen molar-refractivity contribution in [2.75, 3.05) is 5.32 Å². The van der Waals surface area contributed by atoms with E-state index >= 15 is 0 Å². The molecule has 5 rings (SSSR count). The molecular weight excluding hydrogens is 442 g/mol. The Bertz CT molecular complexity index is 1690. The topological polar surface area (TPSA) is 86.2 Å². The summed E-state index contributed by atoms with van der Waals surface area (Å²) >= 11 is 0. The van der Waals surface area contributed by atoms with E-state index in [1.165, 1.54) is 10.7 Å². The smallest absolute Gasteiger partial charge is 0.295 e. The highest BCUT2D eigenvalue weighted by Gasteiger charge is 2.19. The van der Waals surface area contributed by atoms with Gasteiger partial charge in [-0.3, -0.25) is 19.1 Å². The van der Waals surface area contributed by atoms with Crippen LogP contribution in [-0.4, -0.2) is 15.3 Å². The SMILES string of the molecule is Cc1ccc2oc(-c3ccc(C(=O)Nc4c(C)n(C)n(-c5ccccc5)c4=O)cc3)cc(=O)c2c1. The molecule has 7 heteroatoms. The van der Waals surface area contributed by atoms with Crippen molar-refractivity contribution in [3.05, 3.63) is 116 Å². The Kier molecular flexibility index (Phi) is 5.45. The zero-order valence-corrected chi connectivity index (χ0v) is 19.5. The molecule has 0 aliphatic rings. The van der Waals surface area contributed by atoms with Crippen LogP contribution in [0.15, 0.2) is 92.9 Å². The molecule has 2 heterocycles. The van der Waals surface area contributed by atoms with E-state index in [4.69, 9.17) is 4.42 Å². The number of carbonyl (C=O) groups excluding carboxylic acids is 1. The van der Waals surface area contributed by atoms with Crippen molar-refractivity contribution in [1.29, 1.82) is 0 Å². The minimum absolute atomic E-state index is 0.124. The Morgan fingerprint density at radius 1 is 0.886 bits per heavy atom. The molecule has 0 aliphatic carbocycles. The van der Waals surface area contributed by atoms with Gasteiger partial charge in [0.1, 0.15) is 17.0 Å². The van der Waals surface area contributed by atoms with Crippen LogP contribution in [0.5, 0.6) is 0 Å². The van der Waals surface area contributed by atoms with Crippen molar-refractivity contribution in [1.82, 2.24) is 9.36 Å². The summed E-state index contributed by atoms with van der Waals surface area (Å²) in [5, 5.41) is 3.29. The van der Waals surface area contributed by atoms with Gasteiger partial charge in [-0.25, -0.2) is 4.68 Å². The average Bonchev–Trinajstić information content (AvgIpc) is 3.08. The first-order valence-electron chi connectivity index (χ1n) is 11.1. The highest BCUT2D eigenvalue weighted by Crippen LogP contribution is 2.23. The Balaban J connectivity index is 1.43. The fraction of sp³-hybridized carbons (Fsp3) is 0.107. The third kappa shape index (κ3) is 3.97. The molecule has 0 atom stereocenters. The van der Waals surface area contributed by atoms with Gasteiger partial charge in [0.05, 0.1) is 16.8 Å². The van der Waals surface area contributed by atoms with Crippen LogP contribution in [0.3, 0.4) is 0 Å². The summed E-state index contributed by atoms with van der Waals surface area (Å²) in [5.74, 6) is 0.0148. The Hall–Kier alpha value is -4.65. The summed E-state index contributed by atoms with van der Waals surface area (Å²) in [6.45, 7) is 3.70. The minimum atomic E-state index is -0.405. The normalized spacial score (nSPS) is 11.1. The Morgan fingerprint density at radius 3 is 2.31 bits per heavy atom. The van der Waals surface area contributed by atoms with Gasteiger partial charge in [-0.2, -0.15) is 0 Å². The highest BCUT2D eigenvalue weighted by atomic mass is 16.3. The monoisotopic (exact) mass is 465 g/mol. The van der Waals surface area contributed by atoms with Crippen LogP contribution in [0.1, 0.15) is 21.6 Å². The molecule has 0 aliphatic heterocycles. The highest BCUT2D eigenvalue weighted by molar-refractivity contribution is 6.04. The number of amides is 1. The number of aryl methyl sites for hydroxylation is 1. The van der Waals surface area contributed by atoms with Crippen LogP contribution in [0.4, 0.5) is 5.69 Å². The Morgan fingerprint density at radius 2 is 1.60 bits per heavy atom. The van der Waals surface area contributed by atoms with Gasteiger partial charge in [-0.05, 0) is 50.2 Å². The molecule has 1 N–H and O–H groups in total. The lowest BCUT2D eigenvalue weighted by Crippen LogP contribution is -2.22. The number of aromatic nitrogens is 2. The molecule has 0 spiro atoms. The van der Waals surface area contributed by atoms with Gasteiger partial charge < -0.3 is 9.73 Å². The van der Waals surface area contributed by atoms with Gasteiger partial charge in [-0.15, -0.1) is 0 Å². The third-order valence-electron chi connectivity index (χ3n) is 6.11. The van der Waals surface area contributed by atoms with Gasteiger partial charge in [0, 0.05) is 24.2 Å². The van der Waals surface area contributed by atoms with E-state index in [2.05, 4.69) is 5.32 Å². The maximum Gasteiger partial charge on any atom is 0.295 e. The first-order valence-corrected chi connectivity index (χ1v) is 11.1. The summed E-state index contributed by atoms with van der Waals surface area (Å²) in [5.41, 5.74) is 3.67. The van der Waals surface area contributed by atoms with E-state index in [1.807, 2.05) is 43.3 Å². The van der Waals surface area contributed by atoms with Gasteiger partial charge in [0.25, 0.3) is 11.5 Å². The summed E-state index contributed by atoms with van der Waals surface area (Å²) in [4.78, 5) is 38.5. The van der Waals surface area contributed by atoms with Crippen LogP contribution in [0.25, 0.3) is 28.0 Å². The molecule has 0 saturated carbocycles. The van der Waals surface area contributed by atoms with E-state index in [0.717, 1.165) is 5.56 Å². The lowest BCUT2D eigenvalue weighted by atomic mass is 10.1. The zero-order valence-electron chi connectivity index (χ0n) is 19.5. The summed E-state index contributed by atoms with van der Waals surface area (Å²) in [7, 11) is 1.77. The maximum atomic E-state index is 13.1. The first-order chi connectivity index (χ1) is 16.8. The minimum Gasteiger partial charge on any atom is -0.456 e. The lowest BCUT2D eigenvalue weighted by Gasteiger charge is -2.07. The van der Waals surface area contributed by atoms with Gasteiger partial charge in [0.15, 0.2) is 5.43 Å². The number of hydrogen-bond acceptors (Lipinski definition) is 4. The largest absolute Gasteiger partial charge is 0.456 e. The number of rotatable bonds is 4. The van der Waals surface area contributed by atoms with Crippen LogP contribution in [0, 0.1) is 13.8 Å². The van der Waals surface area contributed by atoms with Crippen molar-refractivity contribution in [2.45, 2.75) is 13.8 Å². The van der Waals surface area contributed by atoms with Crippen molar-refractivity contribution in [2.24, 2.45) is 7.05 Å². The number of fused-ring (bicyclic) bond motifs is 1. The number of carbonyl (C=O) groups is 1. The molecular formula is C28H23N3O4. The van der Waals surface area contributed by atoms with E-state index in [1.54, 1.807) is 55.1 Å². The summed E-state index contributed by atoms with van der Waals surface area (Å²) < 4.78 is 9.14. The van der Waals surface area contributed by atoms with Gasteiger partial charge in [-0.1, -0.05) is 42.0 Å². The summed E-state index contributed by atoms with van der Waals surface area (Å²) in [6.07, 6.45) is 0. The van der Waals surface area contributed by atoms with Crippen LogP contribution in [-0.2, 0) is 7.05 Å². The predicted molar refractivity (Wildman–Crippen MR) is 136 cm³/mol. The number of nitrogens with zero attached hydrogens (tertiary/aromatic N) is 2. The standard InChI is InChI=1S/C28H23N3O4/c1-17-9-14-24-22(15-17)23(32)16-25(35-24)19-10-12-20(13-11-19)27(33)29-26-18(2)30(3)31(28(26)34)21-7-5-4-6-8-21/h4-16H,1-3H3,(H,29,33). The fourth-order valence-electron chi connectivity index (χ4n) is 4.10. The van der Waals surface area contributed by atoms with E-state index in [9.17, 15) is 14.4 Å². The van der Waals surface area contributed by atoms with E-state index in [0.29, 0.717) is 39.2 Å². The second-order valence-corrected chi connectivity index (χ2v) is 8.44. The predicted octanol–water partition coefficient (Wildman–Crippen LogP) is 4.82. The third-order valence-corrected chi connectivity index (χ3v) is 6.11. The maximum absolute atomic E-state index is 13.1. The van der Waals surface area contributed by atoms with Gasteiger partial charge in [0.2, 0.25) is 0 Å². The number of nitrogens with one attached hydrogen (secondary N) is 1. The second-order valence-electron chi connectivity index (χ2n) is 8.44. The van der Waals surface area contributed by atoms with Crippen molar-refractivity contribution >= 4 is 22.6 Å². The molecule has 35 heavy (non-hydrogen) atoms. The Labute approximate surface area is 200 Å². The number of hydrogen-bond donors (Lipinski definition) is 1. The number of benzene rings is 3. The van der Waals surface area contributed by atoms with E-state index < -0.39 is 5.91 Å². The molecule has 0 radical (unpaired) electrons.